The SMILES string of the molecule is O=S1(=O)OC2(c3ccccc31)c1cc(Br)c(O)c(Br)c1Oc1c2cc(Br)c(O)c1Br. The first-order chi connectivity index (χ1) is 14.1. The van der Waals surface area contributed by atoms with Gasteiger partial charge >= 0.3 is 0 Å². The van der Waals surface area contributed by atoms with Gasteiger partial charge in [0.2, 0.25) is 0 Å². The Morgan fingerprint density at radius 3 is 1.83 bits per heavy atom. The molecule has 2 heterocycles. The highest BCUT2D eigenvalue weighted by atomic mass is 79.9. The van der Waals surface area contributed by atoms with Crippen LogP contribution >= 0.6 is 63.7 Å². The fourth-order valence-corrected chi connectivity index (χ4v) is 7.58. The van der Waals surface area contributed by atoms with Crippen molar-refractivity contribution in [2.45, 2.75) is 10.5 Å². The van der Waals surface area contributed by atoms with Crippen molar-refractivity contribution in [3.63, 3.8) is 0 Å². The van der Waals surface area contributed by atoms with Crippen LogP contribution in [0.3, 0.4) is 0 Å². The van der Waals surface area contributed by atoms with Crippen molar-refractivity contribution < 1.29 is 27.6 Å². The van der Waals surface area contributed by atoms with Crippen LogP contribution in [0.5, 0.6) is 23.0 Å². The Hall–Kier alpha value is -1.11. The summed E-state index contributed by atoms with van der Waals surface area (Å²) in [4.78, 5) is 0.0319. The Labute approximate surface area is 204 Å². The van der Waals surface area contributed by atoms with E-state index in [9.17, 15) is 18.6 Å². The van der Waals surface area contributed by atoms with Gasteiger partial charge in [0.25, 0.3) is 10.1 Å². The van der Waals surface area contributed by atoms with Gasteiger partial charge in [0.15, 0.2) is 17.1 Å². The zero-order valence-electron chi connectivity index (χ0n) is 14.4. The second-order valence-electron chi connectivity index (χ2n) is 6.61. The molecule has 0 saturated carbocycles. The van der Waals surface area contributed by atoms with Gasteiger partial charge in [-0.05, 0) is 81.9 Å². The molecule has 1 spiro atoms. The maximum absolute atomic E-state index is 13.0. The van der Waals surface area contributed by atoms with Crippen LogP contribution in [-0.4, -0.2) is 18.6 Å². The largest absolute Gasteiger partial charge is 0.505 e. The minimum atomic E-state index is -4.11. The third-order valence-electron chi connectivity index (χ3n) is 5.03. The van der Waals surface area contributed by atoms with E-state index in [1.54, 1.807) is 30.3 Å². The molecule has 0 atom stereocenters. The molecule has 11 heteroatoms. The van der Waals surface area contributed by atoms with Gasteiger partial charge in [0.05, 0.1) is 8.95 Å². The third kappa shape index (κ3) is 2.56. The maximum atomic E-state index is 13.0. The number of halogens is 4. The van der Waals surface area contributed by atoms with Crippen molar-refractivity contribution in [2.24, 2.45) is 0 Å². The van der Waals surface area contributed by atoms with Crippen LogP contribution in [0.15, 0.2) is 59.2 Å². The number of hydrogen-bond donors (Lipinski definition) is 2. The van der Waals surface area contributed by atoms with Crippen LogP contribution in [0.4, 0.5) is 0 Å². The first kappa shape index (κ1) is 20.8. The summed E-state index contributed by atoms with van der Waals surface area (Å²) in [5.41, 5.74) is -0.477. The molecule has 0 amide bonds. The zero-order chi connectivity index (χ0) is 21.6. The molecule has 2 N–H and O–H groups in total. The lowest BCUT2D eigenvalue weighted by Crippen LogP contribution is -2.33. The molecule has 0 saturated heterocycles. The molecule has 0 radical (unpaired) electrons. The molecular weight excluding hydrogens is 676 g/mol. The lowest BCUT2D eigenvalue weighted by molar-refractivity contribution is 0.162. The van der Waals surface area contributed by atoms with E-state index < -0.39 is 15.7 Å². The quantitative estimate of drug-likeness (QED) is 0.272. The van der Waals surface area contributed by atoms with E-state index in [4.69, 9.17) is 8.92 Å². The fourth-order valence-electron chi connectivity index (χ4n) is 3.76. The molecule has 2 aliphatic heterocycles. The number of phenolic OH excluding ortho intramolecular Hbond substituents is 2. The minimum absolute atomic E-state index is 0.0319. The zero-order valence-corrected chi connectivity index (χ0v) is 21.6. The maximum Gasteiger partial charge on any atom is 0.298 e. The number of hydrogen-bond acceptors (Lipinski definition) is 6. The molecule has 30 heavy (non-hydrogen) atoms. The molecule has 0 aliphatic carbocycles. The summed E-state index contributed by atoms with van der Waals surface area (Å²) >= 11 is 13.3. The van der Waals surface area contributed by atoms with Crippen molar-refractivity contribution in [3.05, 3.63) is 71.0 Å². The van der Waals surface area contributed by atoms with E-state index >= 15 is 0 Å². The van der Waals surface area contributed by atoms with Crippen LogP contribution in [-0.2, 0) is 19.9 Å². The molecule has 2 aliphatic rings. The van der Waals surface area contributed by atoms with Crippen LogP contribution in [0.1, 0.15) is 16.7 Å². The fraction of sp³-hybridized carbons (Fsp3) is 0.0526. The highest BCUT2D eigenvalue weighted by molar-refractivity contribution is 9.11. The summed E-state index contributed by atoms with van der Waals surface area (Å²) in [6, 6.07) is 9.60. The van der Waals surface area contributed by atoms with E-state index in [-0.39, 0.29) is 36.8 Å². The number of aromatic hydroxyl groups is 2. The summed E-state index contributed by atoms with van der Waals surface area (Å²) in [6.07, 6.45) is 0. The smallest absolute Gasteiger partial charge is 0.298 e. The van der Waals surface area contributed by atoms with Gasteiger partial charge in [-0.1, -0.05) is 18.2 Å². The number of fused-ring (bicyclic) bond motifs is 6. The Balaban J connectivity index is 2.02. The first-order valence-electron chi connectivity index (χ1n) is 8.25. The van der Waals surface area contributed by atoms with E-state index in [1.165, 1.54) is 6.07 Å². The topological polar surface area (TPSA) is 93.1 Å². The van der Waals surface area contributed by atoms with Gasteiger partial charge in [0.1, 0.15) is 25.3 Å². The standard InChI is InChI=1S/C19H8Br4O6S/c20-10-5-8-17(13(22)15(10)24)28-18-9(6-11(21)16(25)14(18)23)19(8)7-3-1-2-4-12(7)30(26,27)29-19/h1-6,24-25H. The van der Waals surface area contributed by atoms with Gasteiger partial charge in [0, 0.05) is 16.7 Å². The summed E-state index contributed by atoms with van der Waals surface area (Å²) in [5.74, 6) is 0.0768. The van der Waals surface area contributed by atoms with Gasteiger partial charge in [-0.25, -0.2) is 4.18 Å². The molecule has 3 aromatic carbocycles. The summed E-state index contributed by atoms with van der Waals surface area (Å²) in [7, 11) is -4.11. The van der Waals surface area contributed by atoms with Crippen molar-refractivity contribution in [3.8, 4) is 23.0 Å². The summed E-state index contributed by atoms with van der Waals surface area (Å²) < 4.78 is 39.0. The molecule has 0 unspecified atom stereocenters. The molecule has 0 fully saturated rings. The molecule has 0 bridgehead atoms. The van der Waals surface area contributed by atoms with Crippen LogP contribution < -0.4 is 4.74 Å². The van der Waals surface area contributed by atoms with Gasteiger partial charge in [-0.3, -0.25) is 0 Å². The predicted molar refractivity (Wildman–Crippen MR) is 122 cm³/mol. The number of phenols is 2. The molecule has 0 aromatic heterocycles. The average molecular weight is 684 g/mol. The van der Waals surface area contributed by atoms with Gasteiger partial charge < -0.3 is 14.9 Å². The summed E-state index contributed by atoms with van der Waals surface area (Å²) in [6.45, 7) is 0. The van der Waals surface area contributed by atoms with E-state index in [0.717, 1.165) is 0 Å². The van der Waals surface area contributed by atoms with Crippen molar-refractivity contribution >= 4 is 73.8 Å². The van der Waals surface area contributed by atoms with Crippen LogP contribution in [0.2, 0.25) is 0 Å². The Bertz CT molecular complexity index is 1320. The highest BCUT2D eigenvalue weighted by Crippen LogP contribution is 2.63. The number of ether oxygens (including phenoxy) is 1. The summed E-state index contributed by atoms with van der Waals surface area (Å²) in [5, 5.41) is 20.8. The van der Waals surface area contributed by atoms with Crippen molar-refractivity contribution in [1.29, 1.82) is 0 Å². The molecule has 154 valence electrons. The Morgan fingerprint density at radius 1 is 0.800 bits per heavy atom. The molecule has 6 nitrogen and oxygen atoms in total. The predicted octanol–water partition coefficient (Wildman–Crippen LogP) is 6.26. The van der Waals surface area contributed by atoms with Gasteiger partial charge in [-0.15, -0.1) is 0 Å². The normalized spacial score (nSPS) is 17.2. The second-order valence-corrected chi connectivity index (χ2v) is 11.4. The van der Waals surface area contributed by atoms with E-state index in [2.05, 4.69) is 63.7 Å². The Morgan fingerprint density at radius 2 is 1.30 bits per heavy atom. The Kier molecular flexibility index (Phi) is 4.63. The molecule has 5 rings (SSSR count). The van der Waals surface area contributed by atoms with Crippen molar-refractivity contribution in [1.82, 2.24) is 0 Å². The molecule has 3 aromatic rings. The monoisotopic (exact) mass is 680 g/mol. The lowest BCUT2D eigenvalue weighted by Gasteiger charge is -2.37. The van der Waals surface area contributed by atoms with E-state index in [0.29, 0.717) is 25.6 Å². The van der Waals surface area contributed by atoms with Crippen molar-refractivity contribution in [2.75, 3.05) is 0 Å². The lowest BCUT2D eigenvalue weighted by atomic mass is 9.78. The first-order valence-corrected chi connectivity index (χ1v) is 12.8. The van der Waals surface area contributed by atoms with Crippen LogP contribution in [0.25, 0.3) is 0 Å². The van der Waals surface area contributed by atoms with Crippen LogP contribution in [0, 0.1) is 0 Å². The van der Waals surface area contributed by atoms with Gasteiger partial charge in [-0.2, -0.15) is 8.42 Å². The van der Waals surface area contributed by atoms with E-state index in [1.807, 2.05) is 0 Å². The number of rotatable bonds is 0. The molecular formula is C19H8Br4O6S. The highest BCUT2D eigenvalue weighted by Gasteiger charge is 2.57. The third-order valence-corrected chi connectivity index (χ3v) is 9.08. The number of benzene rings is 3. The second kappa shape index (κ2) is 6.69. The minimum Gasteiger partial charge on any atom is -0.505 e. The average Bonchev–Trinajstić information content (AvgIpc) is 2.95.